The van der Waals surface area contributed by atoms with Crippen LogP contribution >= 0.6 is 11.6 Å². The fourth-order valence-corrected chi connectivity index (χ4v) is 1.88. The second-order valence-corrected chi connectivity index (χ2v) is 4.24. The molecule has 0 spiro atoms. The monoisotopic (exact) mass is 236 g/mol. The minimum atomic E-state index is -0.579. The number of aliphatic hydroxyl groups is 1. The van der Waals surface area contributed by atoms with E-state index in [4.69, 9.17) is 16.0 Å². The lowest BCUT2D eigenvalue weighted by Crippen LogP contribution is -2.03. The maximum absolute atomic E-state index is 10.1. The first-order valence-electron chi connectivity index (χ1n) is 5.13. The van der Waals surface area contributed by atoms with Crippen LogP contribution < -0.4 is 0 Å². The summed E-state index contributed by atoms with van der Waals surface area (Å²) in [5, 5.41) is 10.7. The van der Waals surface area contributed by atoms with Crippen LogP contribution in [0.4, 0.5) is 0 Å². The van der Waals surface area contributed by atoms with Crippen LogP contribution in [0.5, 0.6) is 0 Å². The van der Waals surface area contributed by atoms with E-state index < -0.39 is 6.10 Å². The molecule has 0 amide bonds. The molecule has 0 saturated heterocycles. The highest BCUT2D eigenvalue weighted by Gasteiger charge is 2.13. The highest BCUT2D eigenvalue weighted by Crippen LogP contribution is 2.24. The van der Waals surface area contributed by atoms with E-state index in [0.717, 1.165) is 16.9 Å². The van der Waals surface area contributed by atoms with Gasteiger partial charge in [0, 0.05) is 11.4 Å². The summed E-state index contributed by atoms with van der Waals surface area (Å²) in [4.78, 5) is 0. The van der Waals surface area contributed by atoms with Crippen molar-refractivity contribution in [2.75, 3.05) is 0 Å². The number of halogens is 1. The number of aliphatic hydroxyl groups excluding tert-OH is 1. The van der Waals surface area contributed by atoms with Gasteiger partial charge < -0.3 is 9.52 Å². The molecule has 3 heteroatoms. The zero-order chi connectivity index (χ0) is 11.5. The summed E-state index contributed by atoms with van der Waals surface area (Å²) in [5.74, 6) is 0.770. The molecule has 1 N–H and O–H groups in total. The van der Waals surface area contributed by atoms with E-state index >= 15 is 0 Å². The van der Waals surface area contributed by atoms with Crippen molar-refractivity contribution in [3.05, 3.63) is 58.5 Å². The van der Waals surface area contributed by atoms with Gasteiger partial charge in [-0.2, -0.15) is 0 Å². The largest absolute Gasteiger partial charge is 0.469 e. The van der Waals surface area contributed by atoms with E-state index in [9.17, 15) is 5.11 Å². The van der Waals surface area contributed by atoms with Gasteiger partial charge in [-0.3, -0.25) is 0 Å². The summed E-state index contributed by atoms with van der Waals surface area (Å²) in [6, 6.07) is 9.18. The molecule has 84 valence electrons. The van der Waals surface area contributed by atoms with Crippen LogP contribution in [0.1, 0.15) is 23.0 Å². The van der Waals surface area contributed by atoms with Gasteiger partial charge in [0.2, 0.25) is 0 Å². The van der Waals surface area contributed by atoms with Gasteiger partial charge in [0.25, 0.3) is 0 Å². The second-order valence-electron chi connectivity index (χ2n) is 3.80. The van der Waals surface area contributed by atoms with E-state index in [-0.39, 0.29) is 0 Å². The summed E-state index contributed by atoms with van der Waals surface area (Å²) in [7, 11) is 0. The molecule has 2 aromatic rings. The van der Waals surface area contributed by atoms with Crippen molar-refractivity contribution in [3.63, 3.8) is 0 Å². The van der Waals surface area contributed by atoms with Crippen LogP contribution in [0.15, 0.2) is 41.0 Å². The first-order valence-corrected chi connectivity index (χ1v) is 5.51. The van der Waals surface area contributed by atoms with Crippen molar-refractivity contribution in [1.82, 2.24) is 0 Å². The van der Waals surface area contributed by atoms with E-state index in [1.165, 1.54) is 0 Å². The van der Waals surface area contributed by atoms with Crippen molar-refractivity contribution in [1.29, 1.82) is 0 Å². The predicted molar refractivity (Wildman–Crippen MR) is 63.6 cm³/mol. The summed E-state index contributed by atoms with van der Waals surface area (Å²) >= 11 is 5.91. The van der Waals surface area contributed by atoms with Gasteiger partial charge in [-0.25, -0.2) is 0 Å². The third kappa shape index (κ3) is 2.46. The molecule has 0 saturated carbocycles. The zero-order valence-electron chi connectivity index (χ0n) is 8.98. The molecule has 2 rings (SSSR count). The molecule has 0 bridgehead atoms. The predicted octanol–water partition coefficient (Wildman–Crippen LogP) is 3.52. The molecule has 0 radical (unpaired) electrons. The average molecular weight is 237 g/mol. The van der Waals surface area contributed by atoms with Gasteiger partial charge in [-0.1, -0.05) is 17.7 Å². The molecular weight excluding hydrogens is 224 g/mol. The Balaban J connectivity index is 2.20. The molecule has 1 unspecified atom stereocenters. The van der Waals surface area contributed by atoms with Crippen LogP contribution in [-0.4, -0.2) is 5.11 Å². The quantitative estimate of drug-likeness (QED) is 0.885. The van der Waals surface area contributed by atoms with Crippen LogP contribution in [0.25, 0.3) is 0 Å². The minimum Gasteiger partial charge on any atom is -0.469 e. The maximum Gasteiger partial charge on any atom is 0.106 e. The van der Waals surface area contributed by atoms with Crippen molar-refractivity contribution < 1.29 is 9.52 Å². The highest BCUT2D eigenvalue weighted by molar-refractivity contribution is 6.30. The Morgan fingerprint density at radius 3 is 2.88 bits per heavy atom. The standard InChI is InChI=1S/C13H13ClO2/c1-9-4-5-10(14)7-12(9)13(15)8-11-3-2-6-16-11/h2-7,13,15H,8H2,1H3. The van der Waals surface area contributed by atoms with Gasteiger partial charge >= 0.3 is 0 Å². The Labute approximate surface area is 99.5 Å². The molecule has 16 heavy (non-hydrogen) atoms. The van der Waals surface area contributed by atoms with Crippen LogP contribution in [0.2, 0.25) is 5.02 Å². The van der Waals surface area contributed by atoms with Gasteiger partial charge in [0.1, 0.15) is 5.76 Å². The summed E-state index contributed by atoms with van der Waals surface area (Å²) in [6.45, 7) is 1.96. The zero-order valence-corrected chi connectivity index (χ0v) is 9.74. The lowest BCUT2D eigenvalue weighted by Gasteiger charge is -2.12. The summed E-state index contributed by atoms with van der Waals surface area (Å²) < 4.78 is 5.20. The smallest absolute Gasteiger partial charge is 0.106 e. The normalized spacial score (nSPS) is 12.7. The van der Waals surface area contributed by atoms with Crippen LogP contribution in [-0.2, 0) is 6.42 Å². The molecule has 0 aliphatic rings. The van der Waals surface area contributed by atoms with Gasteiger partial charge in [0.15, 0.2) is 0 Å². The van der Waals surface area contributed by atoms with Gasteiger partial charge in [0.05, 0.1) is 12.4 Å². The molecule has 1 heterocycles. The third-order valence-corrected chi connectivity index (χ3v) is 2.81. The highest BCUT2D eigenvalue weighted by atomic mass is 35.5. The second kappa shape index (κ2) is 4.73. The fraction of sp³-hybridized carbons (Fsp3) is 0.231. The first kappa shape index (κ1) is 11.2. The molecule has 1 atom stereocenters. The SMILES string of the molecule is Cc1ccc(Cl)cc1C(O)Cc1ccco1. The molecule has 0 fully saturated rings. The minimum absolute atomic E-state index is 0.466. The molecule has 1 aromatic heterocycles. The van der Waals surface area contributed by atoms with Crippen molar-refractivity contribution >= 4 is 11.6 Å². The van der Waals surface area contributed by atoms with E-state index in [1.807, 2.05) is 31.2 Å². The third-order valence-electron chi connectivity index (χ3n) is 2.57. The van der Waals surface area contributed by atoms with Gasteiger partial charge in [-0.05, 0) is 42.3 Å². The van der Waals surface area contributed by atoms with Gasteiger partial charge in [-0.15, -0.1) is 0 Å². The molecule has 1 aromatic carbocycles. The summed E-state index contributed by atoms with van der Waals surface area (Å²) in [5.41, 5.74) is 1.88. The van der Waals surface area contributed by atoms with Crippen molar-refractivity contribution in [2.24, 2.45) is 0 Å². The van der Waals surface area contributed by atoms with Crippen molar-refractivity contribution in [2.45, 2.75) is 19.4 Å². The van der Waals surface area contributed by atoms with E-state index in [0.29, 0.717) is 11.4 Å². The lowest BCUT2D eigenvalue weighted by atomic mass is 10.0. The molecule has 2 nitrogen and oxygen atoms in total. The number of benzene rings is 1. The first-order chi connectivity index (χ1) is 7.66. The van der Waals surface area contributed by atoms with E-state index in [2.05, 4.69) is 0 Å². The average Bonchev–Trinajstić information content (AvgIpc) is 2.74. The Morgan fingerprint density at radius 1 is 1.38 bits per heavy atom. The van der Waals surface area contributed by atoms with Crippen LogP contribution in [0.3, 0.4) is 0 Å². The summed E-state index contributed by atoms with van der Waals surface area (Å²) in [6.07, 6.45) is 1.49. The fourth-order valence-electron chi connectivity index (χ4n) is 1.70. The van der Waals surface area contributed by atoms with Crippen LogP contribution in [0, 0.1) is 6.92 Å². The topological polar surface area (TPSA) is 33.4 Å². The molecule has 0 aliphatic carbocycles. The van der Waals surface area contributed by atoms with Crippen molar-refractivity contribution in [3.8, 4) is 0 Å². The maximum atomic E-state index is 10.1. The number of furan rings is 1. The lowest BCUT2D eigenvalue weighted by molar-refractivity contribution is 0.170. The Kier molecular flexibility index (Phi) is 3.32. The van der Waals surface area contributed by atoms with E-state index in [1.54, 1.807) is 12.3 Å². The molecule has 0 aliphatic heterocycles. The Morgan fingerprint density at radius 2 is 2.19 bits per heavy atom. The Bertz CT molecular complexity index is 463. The number of hydrogen-bond donors (Lipinski definition) is 1. The number of rotatable bonds is 3. The molecular formula is C13H13ClO2. The number of hydrogen-bond acceptors (Lipinski definition) is 2. The number of aryl methyl sites for hydroxylation is 1. The Hall–Kier alpha value is -1.25.